The molecule has 0 saturated carbocycles. The first-order valence-corrected chi connectivity index (χ1v) is 6.57. The van der Waals surface area contributed by atoms with Crippen LogP contribution in [0.3, 0.4) is 0 Å². The molecule has 0 saturated heterocycles. The molecule has 108 valence electrons. The van der Waals surface area contributed by atoms with E-state index in [-0.39, 0.29) is 17.3 Å². The minimum absolute atomic E-state index is 0.0432. The average Bonchev–Trinajstić information content (AvgIpc) is 2.45. The minimum atomic E-state index is 0.0432. The number of ether oxygens (including phenoxy) is 1. The van der Waals surface area contributed by atoms with Crippen molar-refractivity contribution in [2.45, 2.75) is 13.8 Å². The lowest BCUT2D eigenvalue weighted by atomic mass is 10.1. The first-order valence-electron chi connectivity index (χ1n) is 6.57. The summed E-state index contributed by atoms with van der Waals surface area (Å²) in [4.78, 5) is 7.90. The number of aromatic nitrogens is 2. The van der Waals surface area contributed by atoms with Crippen LogP contribution in [-0.4, -0.2) is 16.6 Å². The number of nitrogen functional groups attached to an aromatic ring is 2. The van der Waals surface area contributed by atoms with E-state index in [0.29, 0.717) is 18.2 Å². The van der Waals surface area contributed by atoms with Gasteiger partial charge in [0.15, 0.2) is 0 Å². The van der Waals surface area contributed by atoms with Gasteiger partial charge >= 0.3 is 0 Å². The lowest BCUT2D eigenvalue weighted by Crippen LogP contribution is -2.05. The van der Waals surface area contributed by atoms with Crippen LogP contribution < -0.4 is 16.2 Å². The molecule has 0 spiro atoms. The van der Waals surface area contributed by atoms with E-state index in [1.807, 2.05) is 30.3 Å². The van der Waals surface area contributed by atoms with Crippen molar-refractivity contribution in [3.05, 3.63) is 29.8 Å². The Labute approximate surface area is 123 Å². The van der Waals surface area contributed by atoms with Gasteiger partial charge in [-0.15, -0.1) is 0 Å². The Hall–Kier alpha value is -2.81. The third-order valence-corrected chi connectivity index (χ3v) is 2.78. The molecule has 2 aromatic rings. The molecule has 0 aliphatic heterocycles. The van der Waals surface area contributed by atoms with Gasteiger partial charge in [-0.1, -0.05) is 13.8 Å². The molecule has 0 radical (unpaired) electrons. The Balaban J connectivity index is 2.33. The van der Waals surface area contributed by atoms with Gasteiger partial charge in [0.05, 0.1) is 12.3 Å². The summed E-state index contributed by atoms with van der Waals surface area (Å²) in [5.74, 6) is 1.35. The minimum Gasteiger partial charge on any atom is -0.493 e. The highest BCUT2D eigenvalue weighted by molar-refractivity contribution is 5.73. The van der Waals surface area contributed by atoms with E-state index in [4.69, 9.17) is 16.2 Å². The van der Waals surface area contributed by atoms with Crippen LogP contribution in [0.2, 0.25) is 0 Å². The van der Waals surface area contributed by atoms with Crippen LogP contribution in [-0.2, 0) is 0 Å². The summed E-state index contributed by atoms with van der Waals surface area (Å²) >= 11 is 0. The predicted octanol–water partition coefficient (Wildman–Crippen LogP) is 2.21. The molecule has 0 aliphatic carbocycles. The Morgan fingerprint density at radius 1 is 1.19 bits per heavy atom. The molecule has 0 unspecified atom stereocenters. The van der Waals surface area contributed by atoms with Gasteiger partial charge in [0.25, 0.3) is 0 Å². The highest BCUT2D eigenvalue weighted by Crippen LogP contribution is 2.26. The van der Waals surface area contributed by atoms with Gasteiger partial charge < -0.3 is 16.2 Å². The highest BCUT2D eigenvalue weighted by atomic mass is 16.5. The van der Waals surface area contributed by atoms with Crippen molar-refractivity contribution in [2.24, 2.45) is 5.92 Å². The van der Waals surface area contributed by atoms with E-state index >= 15 is 0 Å². The molecule has 0 amide bonds. The number of nitrogens with two attached hydrogens (primary N) is 2. The third-order valence-electron chi connectivity index (χ3n) is 2.78. The molecule has 4 N–H and O–H groups in total. The lowest BCUT2D eigenvalue weighted by Gasteiger charge is -2.10. The predicted molar refractivity (Wildman–Crippen MR) is 81.3 cm³/mol. The molecule has 2 rings (SSSR count). The molecule has 1 aromatic heterocycles. The van der Waals surface area contributed by atoms with Gasteiger partial charge in [-0.2, -0.15) is 10.2 Å². The molecule has 0 atom stereocenters. The number of nitriles is 1. The zero-order chi connectivity index (χ0) is 15.4. The fraction of sp³-hybridized carbons (Fsp3) is 0.267. The summed E-state index contributed by atoms with van der Waals surface area (Å²) in [5, 5.41) is 9.18. The Kier molecular flexibility index (Phi) is 4.24. The zero-order valence-electron chi connectivity index (χ0n) is 12.0. The van der Waals surface area contributed by atoms with Gasteiger partial charge in [0.1, 0.15) is 23.2 Å². The van der Waals surface area contributed by atoms with Crippen LogP contribution in [0.25, 0.3) is 11.3 Å². The maximum Gasteiger partial charge on any atom is 0.222 e. The second-order valence-electron chi connectivity index (χ2n) is 5.03. The van der Waals surface area contributed by atoms with E-state index in [0.717, 1.165) is 11.3 Å². The summed E-state index contributed by atoms with van der Waals surface area (Å²) in [5.41, 5.74) is 12.7. The molecule has 0 aliphatic rings. The molecule has 6 nitrogen and oxygen atoms in total. The molecule has 1 aromatic carbocycles. The number of rotatable bonds is 4. The molecule has 6 heteroatoms. The van der Waals surface area contributed by atoms with Crippen molar-refractivity contribution in [1.82, 2.24) is 9.97 Å². The van der Waals surface area contributed by atoms with Crippen molar-refractivity contribution < 1.29 is 4.74 Å². The van der Waals surface area contributed by atoms with Crippen LogP contribution in [0.4, 0.5) is 11.8 Å². The first-order chi connectivity index (χ1) is 10.0. The van der Waals surface area contributed by atoms with Gasteiger partial charge in [0.2, 0.25) is 5.95 Å². The SMILES string of the molecule is CC(C)COc1ccc(-c2nc(N)nc(N)c2C#N)cc1. The Morgan fingerprint density at radius 3 is 2.43 bits per heavy atom. The first kappa shape index (κ1) is 14.6. The van der Waals surface area contributed by atoms with Crippen molar-refractivity contribution in [1.29, 1.82) is 5.26 Å². The van der Waals surface area contributed by atoms with Crippen molar-refractivity contribution in [3.63, 3.8) is 0 Å². The quantitative estimate of drug-likeness (QED) is 0.889. The van der Waals surface area contributed by atoms with Crippen LogP contribution in [0.1, 0.15) is 19.4 Å². The number of nitrogens with zero attached hydrogens (tertiary/aromatic N) is 3. The second kappa shape index (κ2) is 6.09. The third kappa shape index (κ3) is 3.39. The number of benzene rings is 1. The lowest BCUT2D eigenvalue weighted by molar-refractivity contribution is 0.271. The van der Waals surface area contributed by atoms with Gasteiger partial charge in [-0.05, 0) is 30.2 Å². The number of hydrogen-bond donors (Lipinski definition) is 2. The number of anilines is 2. The maximum absolute atomic E-state index is 9.18. The Bertz CT molecular complexity index is 674. The molecule has 1 heterocycles. The van der Waals surface area contributed by atoms with Gasteiger partial charge in [0, 0.05) is 5.56 Å². The fourth-order valence-electron chi connectivity index (χ4n) is 1.79. The number of hydrogen-bond acceptors (Lipinski definition) is 6. The van der Waals surface area contributed by atoms with Crippen LogP contribution in [0.5, 0.6) is 5.75 Å². The summed E-state index contributed by atoms with van der Waals surface area (Å²) in [7, 11) is 0. The molecular formula is C15H17N5O. The standard InChI is InChI=1S/C15H17N5O/c1-9(2)8-21-11-5-3-10(4-6-11)13-12(7-16)14(17)20-15(18)19-13/h3-6,9H,8H2,1-2H3,(H4,17,18,19,20). The highest BCUT2D eigenvalue weighted by Gasteiger charge is 2.13. The van der Waals surface area contributed by atoms with E-state index in [2.05, 4.69) is 23.8 Å². The van der Waals surface area contributed by atoms with Crippen LogP contribution in [0.15, 0.2) is 24.3 Å². The zero-order valence-corrected chi connectivity index (χ0v) is 12.0. The van der Waals surface area contributed by atoms with Crippen molar-refractivity contribution >= 4 is 11.8 Å². The smallest absolute Gasteiger partial charge is 0.222 e. The van der Waals surface area contributed by atoms with Crippen LogP contribution in [0, 0.1) is 17.2 Å². The summed E-state index contributed by atoms with van der Waals surface area (Å²) in [6, 6.07) is 9.30. The van der Waals surface area contributed by atoms with E-state index in [9.17, 15) is 5.26 Å². The normalized spacial score (nSPS) is 10.4. The monoisotopic (exact) mass is 283 g/mol. The van der Waals surface area contributed by atoms with E-state index < -0.39 is 0 Å². The summed E-state index contributed by atoms with van der Waals surface area (Å²) < 4.78 is 5.62. The molecular weight excluding hydrogens is 266 g/mol. The molecule has 0 fully saturated rings. The largest absolute Gasteiger partial charge is 0.493 e. The summed E-state index contributed by atoms with van der Waals surface area (Å²) in [6.45, 7) is 4.82. The van der Waals surface area contributed by atoms with E-state index in [1.165, 1.54) is 0 Å². The summed E-state index contributed by atoms with van der Waals surface area (Å²) in [6.07, 6.45) is 0. The van der Waals surface area contributed by atoms with Crippen molar-refractivity contribution in [3.8, 4) is 23.1 Å². The van der Waals surface area contributed by atoms with Crippen molar-refractivity contribution in [2.75, 3.05) is 18.1 Å². The maximum atomic E-state index is 9.18. The van der Waals surface area contributed by atoms with Gasteiger partial charge in [-0.25, -0.2) is 4.98 Å². The Morgan fingerprint density at radius 2 is 1.86 bits per heavy atom. The molecule has 0 bridgehead atoms. The van der Waals surface area contributed by atoms with Gasteiger partial charge in [-0.3, -0.25) is 0 Å². The average molecular weight is 283 g/mol. The molecule has 21 heavy (non-hydrogen) atoms. The van der Waals surface area contributed by atoms with Crippen LogP contribution >= 0.6 is 0 Å². The fourth-order valence-corrected chi connectivity index (χ4v) is 1.79. The van der Waals surface area contributed by atoms with E-state index in [1.54, 1.807) is 0 Å². The topological polar surface area (TPSA) is 111 Å². The second-order valence-corrected chi connectivity index (χ2v) is 5.03.